The second kappa shape index (κ2) is 8.07. The van der Waals surface area contributed by atoms with Gasteiger partial charge in [-0.1, -0.05) is 6.07 Å². The minimum atomic E-state index is -0.406. The lowest BCUT2D eigenvalue weighted by atomic mass is 10.1. The van der Waals surface area contributed by atoms with Crippen LogP contribution >= 0.6 is 13.5 Å². The van der Waals surface area contributed by atoms with Gasteiger partial charge in [0.15, 0.2) is 5.65 Å². The zero-order valence-electron chi connectivity index (χ0n) is 17.2. The van der Waals surface area contributed by atoms with Crippen LogP contribution in [0.1, 0.15) is 11.1 Å². The van der Waals surface area contributed by atoms with Gasteiger partial charge in [0.2, 0.25) is 0 Å². The van der Waals surface area contributed by atoms with Gasteiger partial charge in [0, 0.05) is 38.0 Å². The fraction of sp³-hybridized carbons (Fsp3) is 0.227. The van der Waals surface area contributed by atoms with Gasteiger partial charge in [-0.05, 0) is 42.2 Å². The van der Waals surface area contributed by atoms with Crippen molar-refractivity contribution in [3.63, 3.8) is 0 Å². The first-order chi connectivity index (χ1) is 14.5. The third-order valence-electron chi connectivity index (χ3n) is 5.41. The van der Waals surface area contributed by atoms with Crippen molar-refractivity contribution in [1.29, 1.82) is 0 Å². The van der Waals surface area contributed by atoms with E-state index in [4.69, 9.17) is 4.98 Å². The second-order valence-corrected chi connectivity index (χ2v) is 7.78. The van der Waals surface area contributed by atoms with Crippen molar-refractivity contribution in [3.05, 3.63) is 65.9 Å². The highest BCUT2D eigenvalue weighted by molar-refractivity contribution is 7.59. The Kier molecular flexibility index (Phi) is 5.45. The molecule has 0 saturated carbocycles. The first kappa shape index (κ1) is 20.9. The highest BCUT2D eigenvalue weighted by atomic mass is 32.1. The average Bonchev–Trinajstić information content (AvgIpc) is 3.31. The van der Waals surface area contributed by atoms with Crippen LogP contribution in [-0.4, -0.2) is 44.8 Å². The Morgan fingerprint density at radius 2 is 1.90 bits per heavy atom. The average molecular weight is 439 g/mol. The Balaban J connectivity index is 0.00000231. The molecule has 2 N–H and O–H groups in total. The van der Waals surface area contributed by atoms with Crippen molar-refractivity contribution >= 4 is 30.6 Å². The van der Waals surface area contributed by atoms with Gasteiger partial charge in [-0.25, -0.2) is 9.37 Å². The molecule has 0 spiro atoms. The molecule has 0 aliphatic heterocycles. The number of hydrogen-bond donors (Lipinski definition) is 2. The number of pyridine rings is 1. The number of anilines is 2. The number of phenolic OH excluding ortho intramolecular Hbond substituents is 1. The SMILES string of the molecule is CN(C)c1cnn2c(N[C@H]3Cc4ccc(O)cc4C3)cc(-c3cncc(F)c3)nc12.S. The lowest BCUT2D eigenvalue weighted by molar-refractivity contribution is 0.474. The Labute approximate surface area is 186 Å². The molecule has 0 bridgehead atoms. The molecule has 3 heterocycles. The Morgan fingerprint density at radius 1 is 1.10 bits per heavy atom. The molecule has 160 valence electrons. The summed E-state index contributed by atoms with van der Waals surface area (Å²) in [4.78, 5) is 10.6. The van der Waals surface area contributed by atoms with Crippen LogP contribution in [0.3, 0.4) is 0 Å². The predicted molar refractivity (Wildman–Crippen MR) is 124 cm³/mol. The lowest BCUT2D eigenvalue weighted by Crippen LogP contribution is -2.21. The van der Waals surface area contributed by atoms with E-state index in [2.05, 4.69) is 15.4 Å². The van der Waals surface area contributed by atoms with Crippen LogP contribution in [0.5, 0.6) is 5.75 Å². The van der Waals surface area contributed by atoms with E-state index in [0.717, 1.165) is 29.9 Å². The topological polar surface area (TPSA) is 78.6 Å². The Hall–Kier alpha value is -3.33. The Bertz CT molecular complexity index is 1260. The number of aromatic nitrogens is 4. The van der Waals surface area contributed by atoms with Crippen molar-refractivity contribution < 1.29 is 9.50 Å². The molecule has 9 heteroatoms. The number of aromatic hydroxyl groups is 1. The molecular weight excluding hydrogens is 415 g/mol. The summed E-state index contributed by atoms with van der Waals surface area (Å²) in [6.07, 6.45) is 6.19. The van der Waals surface area contributed by atoms with E-state index in [9.17, 15) is 9.50 Å². The van der Waals surface area contributed by atoms with Gasteiger partial charge in [0.25, 0.3) is 0 Å². The molecule has 7 nitrogen and oxygen atoms in total. The molecule has 3 aromatic heterocycles. The third kappa shape index (κ3) is 3.88. The van der Waals surface area contributed by atoms with Crippen LogP contribution in [0.2, 0.25) is 0 Å². The quantitative estimate of drug-likeness (QED) is 0.509. The first-order valence-electron chi connectivity index (χ1n) is 9.72. The molecule has 1 atom stereocenters. The fourth-order valence-corrected chi connectivity index (χ4v) is 3.99. The maximum atomic E-state index is 13.8. The van der Waals surface area contributed by atoms with E-state index >= 15 is 0 Å². The van der Waals surface area contributed by atoms with Gasteiger partial charge < -0.3 is 15.3 Å². The zero-order valence-corrected chi connectivity index (χ0v) is 18.2. The lowest BCUT2D eigenvalue weighted by Gasteiger charge is -2.17. The molecule has 1 aliphatic rings. The maximum Gasteiger partial charge on any atom is 0.181 e. The molecule has 0 saturated heterocycles. The van der Waals surface area contributed by atoms with Gasteiger partial charge in [-0.15, -0.1) is 0 Å². The summed E-state index contributed by atoms with van der Waals surface area (Å²) in [6, 6.07) is 8.96. The minimum absolute atomic E-state index is 0. The van der Waals surface area contributed by atoms with Crippen LogP contribution in [-0.2, 0) is 12.8 Å². The summed E-state index contributed by atoms with van der Waals surface area (Å²) >= 11 is 0. The van der Waals surface area contributed by atoms with E-state index < -0.39 is 5.82 Å². The maximum absolute atomic E-state index is 13.8. The molecular formula is C22H23FN6OS. The fourth-order valence-electron chi connectivity index (χ4n) is 3.99. The standard InChI is InChI=1S/C22H21FN6O.H2S/c1-28(2)20-12-25-29-21(26-17-6-13-3-4-18(30)8-14(13)7-17)9-19(27-22(20)29)15-5-16(23)11-24-10-15;/h3-5,8-12,17,26,30H,6-7H2,1-2H3;1H2/t17-;/m0./s1. The summed E-state index contributed by atoms with van der Waals surface area (Å²) in [5.74, 6) is 0.648. The van der Waals surface area contributed by atoms with Gasteiger partial charge >= 0.3 is 0 Å². The number of halogens is 1. The summed E-state index contributed by atoms with van der Waals surface area (Å²) in [7, 11) is 3.87. The molecule has 4 aromatic rings. The van der Waals surface area contributed by atoms with E-state index in [0.29, 0.717) is 16.9 Å². The normalized spacial score (nSPS) is 14.9. The number of phenols is 1. The minimum Gasteiger partial charge on any atom is -0.508 e. The molecule has 31 heavy (non-hydrogen) atoms. The first-order valence-corrected chi connectivity index (χ1v) is 9.72. The summed E-state index contributed by atoms with van der Waals surface area (Å²) in [6.45, 7) is 0. The molecule has 0 amide bonds. The predicted octanol–water partition coefficient (Wildman–Crippen LogP) is 3.39. The number of benzene rings is 1. The van der Waals surface area contributed by atoms with Crippen LogP contribution in [0.15, 0.2) is 48.9 Å². The van der Waals surface area contributed by atoms with Gasteiger partial charge in [-0.2, -0.15) is 23.1 Å². The van der Waals surface area contributed by atoms with Crippen LogP contribution in [0.4, 0.5) is 15.9 Å². The van der Waals surface area contributed by atoms with Gasteiger partial charge in [-0.3, -0.25) is 4.98 Å². The van der Waals surface area contributed by atoms with Crippen LogP contribution in [0.25, 0.3) is 16.9 Å². The summed E-state index contributed by atoms with van der Waals surface area (Å²) in [5.41, 5.74) is 5.13. The highest BCUT2D eigenvalue weighted by Gasteiger charge is 2.23. The highest BCUT2D eigenvalue weighted by Crippen LogP contribution is 2.30. The monoisotopic (exact) mass is 438 g/mol. The van der Waals surface area contributed by atoms with Crippen molar-refractivity contribution in [2.45, 2.75) is 18.9 Å². The van der Waals surface area contributed by atoms with E-state index in [1.165, 1.54) is 17.8 Å². The summed E-state index contributed by atoms with van der Waals surface area (Å²) in [5, 5.41) is 17.9. The molecule has 1 aromatic carbocycles. The molecule has 0 fully saturated rings. The largest absolute Gasteiger partial charge is 0.508 e. The second-order valence-electron chi connectivity index (χ2n) is 7.78. The van der Waals surface area contributed by atoms with Crippen molar-refractivity contribution in [3.8, 4) is 17.0 Å². The summed E-state index contributed by atoms with van der Waals surface area (Å²) < 4.78 is 15.5. The van der Waals surface area contributed by atoms with Gasteiger partial charge in [0.05, 0.1) is 18.1 Å². The zero-order chi connectivity index (χ0) is 20.8. The number of nitrogens with one attached hydrogen (secondary N) is 1. The van der Waals surface area contributed by atoms with Crippen molar-refractivity contribution in [2.75, 3.05) is 24.3 Å². The van der Waals surface area contributed by atoms with E-state index in [1.54, 1.807) is 23.0 Å². The molecule has 5 rings (SSSR count). The number of fused-ring (bicyclic) bond motifs is 2. The van der Waals surface area contributed by atoms with Crippen LogP contribution < -0.4 is 10.2 Å². The third-order valence-corrected chi connectivity index (χ3v) is 5.41. The molecule has 0 unspecified atom stereocenters. The van der Waals surface area contributed by atoms with E-state index in [-0.39, 0.29) is 25.3 Å². The molecule has 1 aliphatic carbocycles. The number of hydrogen-bond acceptors (Lipinski definition) is 6. The van der Waals surface area contributed by atoms with Crippen molar-refractivity contribution in [1.82, 2.24) is 19.6 Å². The molecule has 0 radical (unpaired) electrons. The van der Waals surface area contributed by atoms with Crippen LogP contribution in [0, 0.1) is 5.82 Å². The number of nitrogens with zero attached hydrogens (tertiary/aromatic N) is 5. The van der Waals surface area contributed by atoms with E-state index in [1.807, 2.05) is 37.2 Å². The van der Waals surface area contributed by atoms with Crippen molar-refractivity contribution in [2.24, 2.45) is 0 Å². The Morgan fingerprint density at radius 3 is 2.68 bits per heavy atom. The smallest absolute Gasteiger partial charge is 0.181 e. The van der Waals surface area contributed by atoms with Gasteiger partial charge in [0.1, 0.15) is 23.1 Å². The number of rotatable bonds is 4.